The van der Waals surface area contributed by atoms with Crippen LogP contribution >= 0.6 is 11.6 Å². The monoisotopic (exact) mass is 546 g/mol. The Balaban J connectivity index is 1.36. The van der Waals surface area contributed by atoms with Gasteiger partial charge < -0.3 is 19.4 Å². The van der Waals surface area contributed by atoms with Crippen molar-refractivity contribution in [1.29, 1.82) is 0 Å². The van der Waals surface area contributed by atoms with E-state index in [2.05, 4.69) is 30.5 Å². The summed E-state index contributed by atoms with van der Waals surface area (Å²) in [6.45, 7) is 3.62. The van der Waals surface area contributed by atoms with Crippen molar-refractivity contribution in [2.24, 2.45) is 5.92 Å². The van der Waals surface area contributed by atoms with Crippen LogP contribution in [-0.2, 0) is 0 Å². The first-order valence-electron chi connectivity index (χ1n) is 13.3. The average Bonchev–Trinajstić information content (AvgIpc) is 3.52. The fourth-order valence-electron chi connectivity index (χ4n) is 6.04. The van der Waals surface area contributed by atoms with Crippen molar-refractivity contribution >= 4 is 34.1 Å². The van der Waals surface area contributed by atoms with Gasteiger partial charge in [-0.2, -0.15) is 5.21 Å². The van der Waals surface area contributed by atoms with Gasteiger partial charge in [-0.15, -0.1) is 10.2 Å². The van der Waals surface area contributed by atoms with Crippen LogP contribution in [0.1, 0.15) is 59.4 Å². The lowest BCUT2D eigenvalue weighted by atomic mass is 9.70. The van der Waals surface area contributed by atoms with Gasteiger partial charge in [-0.3, -0.25) is 9.59 Å². The highest BCUT2D eigenvalue weighted by atomic mass is 35.5. The average molecular weight is 547 g/mol. The van der Waals surface area contributed by atoms with Crippen LogP contribution in [0.15, 0.2) is 36.5 Å². The summed E-state index contributed by atoms with van der Waals surface area (Å²) in [6.07, 6.45) is 5.11. The van der Waals surface area contributed by atoms with Gasteiger partial charge in [0.25, 0.3) is 0 Å². The molecule has 7 rings (SSSR count). The third-order valence-electron chi connectivity index (χ3n) is 8.04. The number of carbonyl (C=O) groups is 2. The molecule has 1 saturated heterocycles. The lowest BCUT2D eigenvalue weighted by Gasteiger charge is -2.45. The molecular weight excluding hydrogens is 520 g/mol. The van der Waals surface area contributed by atoms with Gasteiger partial charge in [0.05, 0.1) is 28.1 Å². The number of rotatable bonds is 6. The topological polar surface area (TPSA) is 124 Å². The molecule has 2 aromatic heterocycles. The minimum atomic E-state index is -1.01. The van der Waals surface area contributed by atoms with Gasteiger partial charge >= 0.3 is 0 Å². The SMILES string of the molecule is CCOc1cc(C(=O)C2C(=O)c3cc(-c4nn[nH]n4)ccc3OC23CCNCC3)cc2c1c(Cl)cn2C1CC1. The lowest BCUT2D eigenvalue weighted by molar-refractivity contribution is -0.0138. The van der Waals surface area contributed by atoms with E-state index in [-0.39, 0.29) is 11.6 Å². The summed E-state index contributed by atoms with van der Waals surface area (Å²) in [6, 6.07) is 9.18. The molecule has 1 saturated carbocycles. The molecule has 0 radical (unpaired) electrons. The van der Waals surface area contributed by atoms with E-state index in [0.29, 0.717) is 77.6 Å². The first-order chi connectivity index (χ1) is 19.0. The largest absolute Gasteiger partial charge is 0.493 e. The van der Waals surface area contributed by atoms with Crippen molar-refractivity contribution in [3.05, 3.63) is 52.7 Å². The van der Waals surface area contributed by atoms with Crippen molar-refractivity contribution in [2.45, 2.75) is 44.2 Å². The maximum atomic E-state index is 14.5. The fourth-order valence-corrected chi connectivity index (χ4v) is 6.33. The molecular formula is C28H27ClN6O4. The zero-order chi connectivity index (χ0) is 26.7. The number of hydrogen-bond acceptors (Lipinski definition) is 8. The van der Waals surface area contributed by atoms with Crippen LogP contribution in [0, 0.1) is 5.92 Å². The van der Waals surface area contributed by atoms with Gasteiger partial charge in [-0.1, -0.05) is 11.6 Å². The Morgan fingerprint density at radius 3 is 2.77 bits per heavy atom. The summed E-state index contributed by atoms with van der Waals surface area (Å²) < 4.78 is 14.7. The Bertz CT molecular complexity index is 1600. The van der Waals surface area contributed by atoms with E-state index < -0.39 is 11.5 Å². The van der Waals surface area contributed by atoms with E-state index in [1.54, 1.807) is 24.3 Å². The molecule has 2 N–H and O–H groups in total. The van der Waals surface area contributed by atoms with Gasteiger partial charge in [-0.25, -0.2) is 0 Å². The molecule has 11 heteroatoms. The molecule has 4 aromatic rings. The molecule has 2 fully saturated rings. The number of halogens is 1. The second-order valence-corrected chi connectivity index (χ2v) is 10.8. The first kappa shape index (κ1) is 24.3. The van der Waals surface area contributed by atoms with Crippen molar-refractivity contribution in [1.82, 2.24) is 30.5 Å². The lowest BCUT2D eigenvalue weighted by Crippen LogP contribution is -2.58. The zero-order valence-electron chi connectivity index (χ0n) is 21.4. The highest BCUT2D eigenvalue weighted by Crippen LogP contribution is 2.47. The summed E-state index contributed by atoms with van der Waals surface area (Å²) in [5.41, 5.74) is 1.27. The number of aromatic amines is 1. The molecule has 1 spiro atoms. The number of fused-ring (bicyclic) bond motifs is 2. The zero-order valence-corrected chi connectivity index (χ0v) is 22.1. The van der Waals surface area contributed by atoms with Crippen molar-refractivity contribution in [3.8, 4) is 22.9 Å². The summed E-state index contributed by atoms with van der Waals surface area (Å²) in [5.74, 6) is -0.175. The Kier molecular flexibility index (Phi) is 5.71. The molecule has 2 aromatic carbocycles. The molecule has 1 unspecified atom stereocenters. The predicted molar refractivity (Wildman–Crippen MR) is 144 cm³/mol. The number of ether oxygens (including phenoxy) is 2. The number of ketones is 2. The third-order valence-corrected chi connectivity index (χ3v) is 8.32. The molecule has 3 aliphatic rings. The Morgan fingerprint density at radius 1 is 1.23 bits per heavy atom. The molecule has 39 heavy (non-hydrogen) atoms. The number of Topliss-reactive ketones (excluding diaryl/α,β-unsaturated/α-hetero) is 2. The quantitative estimate of drug-likeness (QED) is 0.269. The van der Waals surface area contributed by atoms with E-state index in [1.165, 1.54) is 0 Å². The van der Waals surface area contributed by atoms with Gasteiger partial charge in [0.15, 0.2) is 11.6 Å². The summed E-state index contributed by atoms with van der Waals surface area (Å²) in [7, 11) is 0. The van der Waals surface area contributed by atoms with Gasteiger partial charge in [0, 0.05) is 36.2 Å². The molecule has 1 atom stereocenters. The number of aromatic nitrogens is 5. The van der Waals surface area contributed by atoms with Gasteiger partial charge in [-0.05, 0) is 68.4 Å². The van der Waals surface area contributed by atoms with Gasteiger partial charge in [0.1, 0.15) is 23.0 Å². The molecule has 0 bridgehead atoms. The summed E-state index contributed by atoms with van der Waals surface area (Å²) in [4.78, 5) is 28.7. The number of nitrogens with zero attached hydrogens (tertiary/aromatic N) is 4. The number of benzene rings is 2. The molecule has 1 aliphatic carbocycles. The van der Waals surface area contributed by atoms with E-state index in [1.807, 2.05) is 19.2 Å². The number of nitrogens with one attached hydrogen (secondary N) is 2. The molecule has 2 aliphatic heterocycles. The molecule has 10 nitrogen and oxygen atoms in total. The van der Waals surface area contributed by atoms with E-state index in [0.717, 1.165) is 23.7 Å². The fraction of sp³-hybridized carbons (Fsp3) is 0.393. The number of H-pyrrole nitrogens is 1. The normalized spacial score (nSPS) is 20.2. The van der Waals surface area contributed by atoms with E-state index in [9.17, 15) is 9.59 Å². The Hall–Kier alpha value is -3.76. The van der Waals surface area contributed by atoms with Crippen molar-refractivity contribution in [2.75, 3.05) is 19.7 Å². The second kappa shape index (κ2) is 9.17. The molecule has 200 valence electrons. The molecule has 0 amide bonds. The van der Waals surface area contributed by atoms with E-state index >= 15 is 0 Å². The highest BCUT2D eigenvalue weighted by Gasteiger charge is 2.54. The summed E-state index contributed by atoms with van der Waals surface area (Å²) >= 11 is 6.64. The van der Waals surface area contributed by atoms with Crippen LogP contribution in [0.2, 0.25) is 5.02 Å². The van der Waals surface area contributed by atoms with E-state index in [4.69, 9.17) is 21.1 Å². The van der Waals surface area contributed by atoms with Crippen LogP contribution in [0.25, 0.3) is 22.3 Å². The first-order valence-corrected chi connectivity index (χ1v) is 13.7. The maximum absolute atomic E-state index is 14.5. The number of hydrogen-bond donors (Lipinski definition) is 2. The van der Waals surface area contributed by atoms with Crippen molar-refractivity contribution in [3.63, 3.8) is 0 Å². The van der Waals surface area contributed by atoms with Crippen molar-refractivity contribution < 1.29 is 19.1 Å². The second-order valence-electron chi connectivity index (χ2n) is 10.4. The van der Waals surface area contributed by atoms with Gasteiger partial charge in [0.2, 0.25) is 5.82 Å². The predicted octanol–water partition coefficient (Wildman–Crippen LogP) is 4.40. The van der Waals surface area contributed by atoms with Crippen LogP contribution in [0.5, 0.6) is 11.5 Å². The van der Waals surface area contributed by atoms with Crippen LogP contribution < -0.4 is 14.8 Å². The minimum absolute atomic E-state index is 0.262. The number of tetrazole rings is 1. The minimum Gasteiger partial charge on any atom is -0.493 e. The summed E-state index contributed by atoms with van der Waals surface area (Å²) in [5, 5.41) is 18.8. The maximum Gasteiger partial charge on any atom is 0.204 e. The smallest absolute Gasteiger partial charge is 0.204 e. The Labute approximate surface area is 229 Å². The van der Waals surface area contributed by atoms with Crippen LogP contribution in [0.3, 0.4) is 0 Å². The number of carbonyl (C=O) groups excluding carboxylic acids is 2. The molecule has 4 heterocycles. The van der Waals surface area contributed by atoms with Crippen LogP contribution in [-0.4, -0.2) is 62.1 Å². The number of piperidine rings is 1. The highest BCUT2D eigenvalue weighted by molar-refractivity contribution is 6.36. The Morgan fingerprint density at radius 2 is 2.05 bits per heavy atom. The third kappa shape index (κ3) is 3.92. The standard InChI is InChI=1S/C28H27ClN6O4/c1-2-38-22-13-16(12-20-23(22)19(29)14-35(20)17-4-5-17)25(36)24-26(37)18-11-15(27-31-33-34-32-27)3-6-21(18)39-28(24)7-9-30-10-8-28/h3,6,11-14,17,24,30H,2,4-5,7-10H2,1H3,(H,31,32,33,34). The van der Waals surface area contributed by atoms with Crippen LogP contribution in [0.4, 0.5) is 0 Å².